The number of para-hydroxylation sites is 2. The molecule has 0 saturated heterocycles. The summed E-state index contributed by atoms with van der Waals surface area (Å²) in [4.78, 5) is 13.0. The van der Waals surface area contributed by atoms with Crippen molar-refractivity contribution in [1.82, 2.24) is 10.6 Å². The van der Waals surface area contributed by atoms with Crippen molar-refractivity contribution in [3.63, 3.8) is 0 Å². The Balaban J connectivity index is 1.95. The van der Waals surface area contributed by atoms with Gasteiger partial charge in [-0.25, -0.2) is 0 Å². The summed E-state index contributed by atoms with van der Waals surface area (Å²) in [6.07, 6.45) is 0. The molecule has 3 rings (SSSR count). The summed E-state index contributed by atoms with van der Waals surface area (Å²) in [6, 6.07) is 10.5. The van der Waals surface area contributed by atoms with Crippen molar-refractivity contribution < 1.29 is 13.9 Å². The average molecular weight is 357 g/mol. The van der Waals surface area contributed by atoms with E-state index in [9.17, 15) is 4.79 Å². The number of hydrogen-bond acceptors (Lipinski definition) is 4. The highest BCUT2D eigenvalue weighted by Gasteiger charge is 2.32. The molecule has 7 heteroatoms. The van der Waals surface area contributed by atoms with Crippen molar-refractivity contribution in [2.45, 2.75) is 19.9 Å². The van der Waals surface area contributed by atoms with Gasteiger partial charge >= 0.3 is 0 Å². The molecule has 130 valence electrons. The molecule has 6 nitrogen and oxygen atoms in total. The molecule has 0 unspecified atom stereocenters. The number of furan rings is 1. The Morgan fingerprint density at radius 3 is 2.68 bits per heavy atom. The van der Waals surface area contributed by atoms with Crippen LogP contribution in [0.25, 0.3) is 0 Å². The largest absolute Gasteiger partial charge is 0.495 e. The Kier molecular flexibility index (Phi) is 4.76. The predicted octanol–water partition coefficient (Wildman–Crippen LogP) is 3.03. The van der Waals surface area contributed by atoms with Gasteiger partial charge in [0.1, 0.15) is 23.3 Å². The van der Waals surface area contributed by atoms with Gasteiger partial charge in [0.25, 0.3) is 5.91 Å². The molecule has 0 fully saturated rings. The molecular formula is C18H19N3O3S. The molecule has 1 aliphatic heterocycles. The lowest BCUT2D eigenvalue weighted by Crippen LogP contribution is -2.45. The van der Waals surface area contributed by atoms with Crippen LogP contribution in [0.15, 0.2) is 52.1 Å². The van der Waals surface area contributed by atoms with Gasteiger partial charge in [-0.05, 0) is 50.3 Å². The first-order chi connectivity index (χ1) is 12.0. The first-order valence-corrected chi connectivity index (χ1v) is 8.19. The minimum atomic E-state index is -0.461. The Hall–Kier alpha value is -2.80. The number of methoxy groups -OCH3 is 1. The second-order valence-electron chi connectivity index (χ2n) is 5.67. The van der Waals surface area contributed by atoms with E-state index in [0.717, 1.165) is 5.76 Å². The third-order valence-electron chi connectivity index (χ3n) is 3.91. The average Bonchev–Trinajstić information content (AvgIpc) is 3.01. The number of carbonyl (C=O) groups is 1. The molecule has 0 saturated carbocycles. The number of rotatable bonds is 4. The van der Waals surface area contributed by atoms with Crippen LogP contribution in [0.5, 0.6) is 5.75 Å². The number of allylic oxidation sites excluding steroid dienone is 1. The second kappa shape index (κ2) is 6.98. The van der Waals surface area contributed by atoms with Gasteiger partial charge < -0.3 is 25.1 Å². The van der Waals surface area contributed by atoms with E-state index < -0.39 is 6.04 Å². The zero-order valence-corrected chi connectivity index (χ0v) is 15.0. The lowest BCUT2D eigenvalue weighted by atomic mass is 10.00. The summed E-state index contributed by atoms with van der Waals surface area (Å²) in [5, 5.41) is 9.44. The first kappa shape index (κ1) is 17.0. The normalized spacial score (nSPS) is 16.9. The van der Waals surface area contributed by atoms with E-state index >= 15 is 0 Å². The summed E-state index contributed by atoms with van der Waals surface area (Å²) in [7, 11) is 1.56. The molecule has 0 spiro atoms. The molecule has 3 N–H and O–H groups in total. The predicted molar refractivity (Wildman–Crippen MR) is 99.4 cm³/mol. The molecule has 2 heterocycles. The summed E-state index contributed by atoms with van der Waals surface area (Å²) in [5.41, 5.74) is 1.78. The van der Waals surface area contributed by atoms with E-state index in [-0.39, 0.29) is 5.91 Å². The van der Waals surface area contributed by atoms with Gasteiger partial charge in [-0.3, -0.25) is 4.79 Å². The molecule has 1 aromatic heterocycles. The molecular weight excluding hydrogens is 338 g/mol. The maximum atomic E-state index is 13.0. The lowest BCUT2D eigenvalue weighted by Gasteiger charge is -2.29. The number of nitrogens with one attached hydrogen (secondary N) is 3. The first-order valence-electron chi connectivity index (χ1n) is 7.78. The number of hydrogen-bond donors (Lipinski definition) is 3. The number of amides is 1. The number of anilines is 1. The highest BCUT2D eigenvalue weighted by molar-refractivity contribution is 7.80. The number of ether oxygens (including phenoxy) is 1. The van der Waals surface area contributed by atoms with Crippen LogP contribution in [0.2, 0.25) is 0 Å². The Labute approximate surface area is 151 Å². The summed E-state index contributed by atoms with van der Waals surface area (Å²) >= 11 is 5.23. The van der Waals surface area contributed by atoms with E-state index in [1.165, 1.54) is 0 Å². The van der Waals surface area contributed by atoms with Gasteiger partial charge in [-0.1, -0.05) is 12.1 Å². The van der Waals surface area contributed by atoms with Crippen molar-refractivity contribution in [2.24, 2.45) is 0 Å². The molecule has 0 aliphatic carbocycles. The van der Waals surface area contributed by atoms with Gasteiger partial charge in [0.15, 0.2) is 5.11 Å². The van der Waals surface area contributed by atoms with Crippen LogP contribution in [0, 0.1) is 6.92 Å². The third-order valence-corrected chi connectivity index (χ3v) is 4.13. The van der Waals surface area contributed by atoms with E-state index in [1.54, 1.807) is 19.2 Å². The van der Waals surface area contributed by atoms with Crippen molar-refractivity contribution in [3.05, 3.63) is 59.2 Å². The summed E-state index contributed by atoms with van der Waals surface area (Å²) in [6.45, 7) is 3.67. The molecule has 1 aromatic carbocycles. The van der Waals surface area contributed by atoms with Gasteiger partial charge in [0, 0.05) is 5.70 Å². The fraction of sp³-hybridized carbons (Fsp3) is 0.222. The molecule has 0 bridgehead atoms. The fourth-order valence-corrected chi connectivity index (χ4v) is 3.03. The standard InChI is InChI=1S/C18H19N3O3S/c1-10-8-9-14(24-10)16-15(11(2)19-18(25)21-16)17(22)20-12-6-4-5-7-13(12)23-3/h4-9,16H,1-3H3,(H,20,22)(H2,19,21,25)/t16-/m1/s1. The lowest BCUT2D eigenvalue weighted by molar-refractivity contribution is -0.113. The third kappa shape index (κ3) is 3.51. The Bertz CT molecular complexity index is 857. The zero-order valence-electron chi connectivity index (χ0n) is 14.2. The van der Waals surface area contributed by atoms with E-state index in [0.29, 0.717) is 33.6 Å². The Morgan fingerprint density at radius 2 is 2.00 bits per heavy atom. The summed E-state index contributed by atoms with van der Waals surface area (Å²) < 4.78 is 11.0. The molecule has 1 amide bonds. The molecule has 1 aliphatic rings. The minimum absolute atomic E-state index is 0.261. The molecule has 1 atom stereocenters. The van der Waals surface area contributed by atoms with Crippen LogP contribution in [-0.4, -0.2) is 18.1 Å². The van der Waals surface area contributed by atoms with Crippen molar-refractivity contribution in [3.8, 4) is 5.75 Å². The van der Waals surface area contributed by atoms with E-state index in [4.69, 9.17) is 21.4 Å². The molecule has 0 radical (unpaired) electrons. The van der Waals surface area contributed by atoms with Crippen molar-refractivity contribution in [1.29, 1.82) is 0 Å². The quantitative estimate of drug-likeness (QED) is 0.731. The van der Waals surface area contributed by atoms with Gasteiger partial charge in [-0.2, -0.15) is 0 Å². The van der Waals surface area contributed by atoms with Gasteiger partial charge in [0.2, 0.25) is 0 Å². The van der Waals surface area contributed by atoms with Crippen LogP contribution in [0.4, 0.5) is 5.69 Å². The molecule has 2 aromatic rings. The topological polar surface area (TPSA) is 75.5 Å². The fourth-order valence-electron chi connectivity index (χ4n) is 2.75. The van der Waals surface area contributed by atoms with Crippen LogP contribution < -0.4 is 20.7 Å². The molecule has 25 heavy (non-hydrogen) atoms. The number of thiocarbonyl (C=S) groups is 1. The second-order valence-corrected chi connectivity index (χ2v) is 6.08. The monoisotopic (exact) mass is 357 g/mol. The number of carbonyl (C=O) groups excluding carboxylic acids is 1. The van der Waals surface area contributed by atoms with E-state index in [2.05, 4.69) is 16.0 Å². The van der Waals surface area contributed by atoms with Crippen molar-refractivity contribution >= 4 is 28.9 Å². The van der Waals surface area contributed by atoms with Gasteiger partial charge in [0.05, 0.1) is 18.4 Å². The van der Waals surface area contributed by atoms with Gasteiger partial charge in [-0.15, -0.1) is 0 Å². The van der Waals surface area contributed by atoms with Crippen LogP contribution in [-0.2, 0) is 4.79 Å². The van der Waals surface area contributed by atoms with E-state index in [1.807, 2.05) is 38.1 Å². The maximum Gasteiger partial charge on any atom is 0.256 e. The van der Waals surface area contributed by atoms with Crippen molar-refractivity contribution in [2.75, 3.05) is 12.4 Å². The van der Waals surface area contributed by atoms with Crippen LogP contribution >= 0.6 is 12.2 Å². The number of benzene rings is 1. The maximum absolute atomic E-state index is 13.0. The highest BCUT2D eigenvalue weighted by atomic mass is 32.1. The Morgan fingerprint density at radius 1 is 1.24 bits per heavy atom. The SMILES string of the molecule is COc1ccccc1NC(=O)C1=C(C)NC(=S)N[C@@H]1c1ccc(C)o1. The number of aryl methyl sites for hydroxylation is 1. The van der Waals surface area contributed by atoms with Crippen LogP contribution in [0.1, 0.15) is 24.5 Å². The highest BCUT2D eigenvalue weighted by Crippen LogP contribution is 2.30. The minimum Gasteiger partial charge on any atom is -0.495 e. The smallest absolute Gasteiger partial charge is 0.256 e. The zero-order chi connectivity index (χ0) is 18.0. The summed E-state index contributed by atoms with van der Waals surface area (Å²) in [5.74, 6) is 1.73. The van der Waals surface area contributed by atoms with Crippen LogP contribution in [0.3, 0.4) is 0 Å².